The van der Waals surface area contributed by atoms with Gasteiger partial charge in [-0.25, -0.2) is 0 Å². The summed E-state index contributed by atoms with van der Waals surface area (Å²) in [5.74, 6) is -0.539. The molecule has 0 spiro atoms. The number of rotatable bonds is 8. The first-order valence-corrected chi connectivity index (χ1v) is 9.34. The molecule has 1 aromatic rings. The predicted octanol–water partition coefficient (Wildman–Crippen LogP) is 5.09. The van der Waals surface area contributed by atoms with Crippen LogP contribution in [0.3, 0.4) is 0 Å². The Kier molecular flexibility index (Phi) is 6.27. The third kappa shape index (κ3) is 4.23. The second kappa shape index (κ2) is 7.98. The van der Waals surface area contributed by atoms with Gasteiger partial charge in [0, 0.05) is 16.6 Å². The first kappa shape index (κ1) is 17.3. The van der Waals surface area contributed by atoms with Crippen molar-refractivity contribution in [2.75, 3.05) is 18.5 Å². The third-order valence-corrected chi connectivity index (χ3v) is 5.90. The molecular weight excluding hydrogens is 321 g/mol. The first-order chi connectivity index (χ1) is 10.6. The molecular formula is C16H21ClNO3P. The van der Waals surface area contributed by atoms with Crippen LogP contribution in [0.2, 0.25) is 5.02 Å². The molecule has 1 aliphatic carbocycles. The zero-order valence-electron chi connectivity index (χ0n) is 12.7. The summed E-state index contributed by atoms with van der Waals surface area (Å²) in [5.41, 5.74) is 0.822. The van der Waals surface area contributed by atoms with E-state index in [1.807, 2.05) is 50.3 Å². The van der Waals surface area contributed by atoms with E-state index in [0.717, 1.165) is 5.69 Å². The number of hydrogen-bond donors (Lipinski definition) is 1. The molecule has 0 aromatic heterocycles. The van der Waals surface area contributed by atoms with Gasteiger partial charge in [0.2, 0.25) is 0 Å². The van der Waals surface area contributed by atoms with Gasteiger partial charge in [0.25, 0.3) is 0 Å². The zero-order chi connectivity index (χ0) is 16.0. The number of anilines is 1. The lowest BCUT2D eigenvalue weighted by molar-refractivity contribution is 0.211. The highest BCUT2D eigenvalue weighted by Crippen LogP contribution is 2.56. The maximum absolute atomic E-state index is 13.2. The van der Waals surface area contributed by atoms with E-state index < -0.39 is 13.4 Å². The van der Waals surface area contributed by atoms with Crippen LogP contribution in [0.4, 0.5) is 5.69 Å². The van der Waals surface area contributed by atoms with Gasteiger partial charge in [-0.3, -0.25) is 4.57 Å². The van der Waals surface area contributed by atoms with E-state index >= 15 is 0 Å². The summed E-state index contributed by atoms with van der Waals surface area (Å²) in [6.45, 7) is 4.28. The van der Waals surface area contributed by atoms with Crippen molar-refractivity contribution < 1.29 is 13.6 Å². The van der Waals surface area contributed by atoms with E-state index in [0.29, 0.717) is 18.2 Å². The molecule has 0 radical (unpaired) electrons. The second-order valence-corrected chi connectivity index (χ2v) is 7.41. The first-order valence-electron chi connectivity index (χ1n) is 7.35. The van der Waals surface area contributed by atoms with Crippen LogP contribution in [0.1, 0.15) is 13.8 Å². The number of hydrogen-bond acceptors (Lipinski definition) is 4. The van der Waals surface area contributed by atoms with E-state index in [-0.39, 0.29) is 5.92 Å². The Morgan fingerprint density at radius 3 is 2.18 bits per heavy atom. The Hall–Kier alpha value is -1.06. The molecule has 22 heavy (non-hydrogen) atoms. The number of benzene rings is 1. The lowest BCUT2D eigenvalue weighted by Gasteiger charge is -2.30. The monoisotopic (exact) mass is 341 g/mol. The van der Waals surface area contributed by atoms with Crippen molar-refractivity contribution in [3.63, 3.8) is 0 Å². The Labute approximate surface area is 136 Å². The number of allylic oxidation sites excluding steroid dienone is 2. The fourth-order valence-corrected chi connectivity index (χ4v) is 4.49. The smallest absolute Gasteiger partial charge is 0.353 e. The minimum Gasteiger partial charge on any atom is -0.371 e. The summed E-state index contributed by atoms with van der Waals surface area (Å²) in [6, 6.07) is 7.26. The minimum atomic E-state index is -3.30. The van der Waals surface area contributed by atoms with Gasteiger partial charge in [-0.15, -0.1) is 0 Å². The highest BCUT2D eigenvalue weighted by atomic mass is 35.5. The Balaban J connectivity index is 2.28. The van der Waals surface area contributed by atoms with Gasteiger partial charge in [0.1, 0.15) is 5.78 Å². The van der Waals surface area contributed by atoms with Crippen LogP contribution < -0.4 is 5.32 Å². The fraction of sp³-hybridized carbons (Fsp3) is 0.375. The lowest BCUT2D eigenvalue weighted by Crippen LogP contribution is -2.28. The molecule has 0 saturated heterocycles. The summed E-state index contributed by atoms with van der Waals surface area (Å²) in [4.78, 5) is 0. The molecule has 2 rings (SSSR count). The summed E-state index contributed by atoms with van der Waals surface area (Å²) in [5, 5.41) is 3.94. The largest absolute Gasteiger partial charge is 0.371 e. The van der Waals surface area contributed by atoms with Crippen LogP contribution in [-0.4, -0.2) is 19.0 Å². The number of nitrogens with one attached hydrogen (secondary N) is 1. The molecule has 0 fully saturated rings. The molecule has 1 aromatic carbocycles. The molecule has 0 aliphatic heterocycles. The molecule has 0 heterocycles. The van der Waals surface area contributed by atoms with Crippen molar-refractivity contribution in [2.24, 2.45) is 5.92 Å². The van der Waals surface area contributed by atoms with Crippen molar-refractivity contribution in [1.82, 2.24) is 0 Å². The quantitative estimate of drug-likeness (QED) is 0.669. The number of halogens is 1. The standard InChI is InChI=1S/C16H21ClNO3P/c1-3-20-22(19,21-4-2)16(13-7-5-6-8-13)18-15-11-9-14(17)10-12-15/h5-13,16,18H,3-4H2,1-2H3. The molecule has 0 saturated carbocycles. The van der Waals surface area contributed by atoms with E-state index in [2.05, 4.69) is 5.32 Å². The van der Waals surface area contributed by atoms with Crippen LogP contribution in [0.5, 0.6) is 0 Å². The topological polar surface area (TPSA) is 47.6 Å². The van der Waals surface area contributed by atoms with E-state index in [4.69, 9.17) is 20.6 Å². The van der Waals surface area contributed by atoms with Gasteiger partial charge >= 0.3 is 7.60 Å². The van der Waals surface area contributed by atoms with Crippen LogP contribution in [0.15, 0.2) is 48.6 Å². The van der Waals surface area contributed by atoms with Gasteiger partial charge < -0.3 is 14.4 Å². The van der Waals surface area contributed by atoms with Crippen molar-refractivity contribution in [2.45, 2.75) is 19.6 Å². The molecule has 1 unspecified atom stereocenters. The van der Waals surface area contributed by atoms with Crippen molar-refractivity contribution >= 4 is 24.9 Å². The minimum absolute atomic E-state index is 0.0559. The summed E-state index contributed by atoms with van der Waals surface area (Å²) >= 11 is 5.91. The summed E-state index contributed by atoms with van der Waals surface area (Å²) < 4.78 is 24.2. The average Bonchev–Trinajstić information content (AvgIpc) is 3.01. The van der Waals surface area contributed by atoms with Gasteiger partial charge in [0.05, 0.1) is 13.2 Å². The average molecular weight is 342 g/mol. The zero-order valence-corrected chi connectivity index (χ0v) is 14.4. The Morgan fingerprint density at radius 1 is 1.14 bits per heavy atom. The molecule has 4 nitrogen and oxygen atoms in total. The van der Waals surface area contributed by atoms with E-state index in [1.54, 1.807) is 12.1 Å². The Bertz CT molecular complexity index is 564. The van der Waals surface area contributed by atoms with Gasteiger partial charge in [-0.05, 0) is 38.1 Å². The fourth-order valence-electron chi connectivity index (χ4n) is 2.32. The Morgan fingerprint density at radius 2 is 1.68 bits per heavy atom. The van der Waals surface area contributed by atoms with Crippen molar-refractivity contribution in [3.05, 3.63) is 53.6 Å². The van der Waals surface area contributed by atoms with Crippen LogP contribution in [-0.2, 0) is 13.6 Å². The SMILES string of the molecule is CCOP(=O)(OCC)C(Nc1ccc(Cl)cc1)C1C=CC=C1. The predicted molar refractivity (Wildman–Crippen MR) is 91.5 cm³/mol. The van der Waals surface area contributed by atoms with Crippen LogP contribution >= 0.6 is 19.2 Å². The molecule has 1 aliphatic rings. The van der Waals surface area contributed by atoms with Crippen LogP contribution in [0, 0.1) is 5.92 Å². The molecule has 120 valence electrons. The molecule has 1 N–H and O–H groups in total. The highest BCUT2D eigenvalue weighted by Gasteiger charge is 2.40. The van der Waals surface area contributed by atoms with Crippen molar-refractivity contribution in [3.8, 4) is 0 Å². The van der Waals surface area contributed by atoms with Gasteiger partial charge in [-0.1, -0.05) is 35.9 Å². The van der Waals surface area contributed by atoms with E-state index in [1.165, 1.54) is 0 Å². The maximum atomic E-state index is 13.2. The molecule has 0 bridgehead atoms. The second-order valence-electron chi connectivity index (χ2n) is 4.82. The van der Waals surface area contributed by atoms with Crippen molar-refractivity contribution in [1.29, 1.82) is 0 Å². The highest BCUT2D eigenvalue weighted by molar-refractivity contribution is 7.54. The molecule has 1 atom stereocenters. The molecule has 0 amide bonds. The summed E-state index contributed by atoms with van der Waals surface area (Å²) in [6.07, 6.45) is 7.84. The molecule has 6 heteroatoms. The maximum Gasteiger partial charge on any atom is 0.353 e. The lowest BCUT2D eigenvalue weighted by atomic mass is 10.1. The van der Waals surface area contributed by atoms with Gasteiger partial charge in [0.15, 0.2) is 0 Å². The van der Waals surface area contributed by atoms with E-state index in [9.17, 15) is 4.57 Å². The van der Waals surface area contributed by atoms with Crippen LogP contribution in [0.25, 0.3) is 0 Å². The normalized spacial score (nSPS) is 16.1. The van der Waals surface area contributed by atoms with Gasteiger partial charge in [-0.2, -0.15) is 0 Å². The third-order valence-electron chi connectivity index (χ3n) is 3.26. The summed E-state index contributed by atoms with van der Waals surface area (Å²) in [7, 11) is -3.30.